The van der Waals surface area contributed by atoms with Gasteiger partial charge < -0.3 is 10.5 Å². The first kappa shape index (κ1) is 14.5. The number of aryl methyl sites for hydroxylation is 2. The molecule has 1 aliphatic carbocycles. The molecule has 1 atom stereocenters. The third-order valence-electron chi connectivity index (χ3n) is 3.84. The largest absolute Gasteiger partial charge is 0.494 e. The van der Waals surface area contributed by atoms with E-state index in [1.165, 1.54) is 29.8 Å². The zero-order chi connectivity index (χ0) is 14.7. The molecule has 21 heavy (non-hydrogen) atoms. The van der Waals surface area contributed by atoms with Gasteiger partial charge in [-0.2, -0.15) is 0 Å². The van der Waals surface area contributed by atoms with Crippen LogP contribution in [0, 0.1) is 0 Å². The monoisotopic (exact) mass is 302 g/mol. The lowest BCUT2D eigenvalue weighted by Crippen LogP contribution is -2.11. The average Bonchev–Trinajstić information content (AvgIpc) is 2.96. The molecular weight excluding hydrogens is 280 g/mol. The van der Waals surface area contributed by atoms with Crippen LogP contribution in [0.25, 0.3) is 0 Å². The molecule has 1 unspecified atom stereocenters. The summed E-state index contributed by atoms with van der Waals surface area (Å²) in [4.78, 5) is 6.20. The minimum atomic E-state index is -0.124. The zero-order valence-electron chi connectivity index (χ0n) is 12.5. The van der Waals surface area contributed by atoms with Crippen molar-refractivity contribution < 1.29 is 4.74 Å². The number of hydrogen-bond acceptors (Lipinski definition) is 4. The number of nitrogens with two attached hydrogens (primary N) is 1. The lowest BCUT2D eigenvalue weighted by Gasteiger charge is -2.10. The molecule has 0 saturated carbocycles. The van der Waals surface area contributed by atoms with E-state index in [1.54, 1.807) is 11.3 Å². The van der Waals surface area contributed by atoms with E-state index in [0.717, 1.165) is 35.8 Å². The van der Waals surface area contributed by atoms with E-state index in [2.05, 4.69) is 19.1 Å². The fourth-order valence-electron chi connectivity index (χ4n) is 2.64. The van der Waals surface area contributed by atoms with Crippen LogP contribution in [-0.2, 0) is 12.8 Å². The topological polar surface area (TPSA) is 48.1 Å². The Balaban J connectivity index is 1.75. The van der Waals surface area contributed by atoms with Crippen molar-refractivity contribution in [3.8, 4) is 5.75 Å². The Morgan fingerprint density at radius 1 is 1.24 bits per heavy atom. The van der Waals surface area contributed by atoms with Crippen molar-refractivity contribution in [2.24, 2.45) is 5.73 Å². The third-order valence-corrected chi connectivity index (χ3v) is 5.08. The Labute approximate surface area is 130 Å². The molecule has 2 N–H and O–H groups in total. The number of rotatable bonds is 5. The molecule has 0 amide bonds. The van der Waals surface area contributed by atoms with Crippen LogP contribution < -0.4 is 10.5 Å². The van der Waals surface area contributed by atoms with Gasteiger partial charge in [0.25, 0.3) is 0 Å². The van der Waals surface area contributed by atoms with Crippen LogP contribution in [0.1, 0.15) is 53.4 Å². The second kappa shape index (κ2) is 6.58. The molecule has 1 aromatic carbocycles. The minimum Gasteiger partial charge on any atom is -0.494 e. The lowest BCUT2D eigenvalue weighted by atomic mass is 10.0. The number of thiazole rings is 1. The van der Waals surface area contributed by atoms with Gasteiger partial charge in [-0.25, -0.2) is 4.98 Å². The molecule has 3 nitrogen and oxygen atoms in total. The van der Waals surface area contributed by atoms with Crippen molar-refractivity contribution in [1.82, 2.24) is 4.98 Å². The van der Waals surface area contributed by atoms with Crippen LogP contribution >= 0.6 is 11.3 Å². The molecule has 0 fully saturated rings. The first-order valence-corrected chi connectivity index (χ1v) is 8.56. The van der Waals surface area contributed by atoms with E-state index in [0.29, 0.717) is 0 Å². The van der Waals surface area contributed by atoms with Crippen LogP contribution in [0.4, 0.5) is 0 Å². The quantitative estimate of drug-likeness (QED) is 0.912. The van der Waals surface area contributed by atoms with Gasteiger partial charge in [-0.15, -0.1) is 11.3 Å². The molecule has 1 aliphatic rings. The van der Waals surface area contributed by atoms with Gasteiger partial charge in [-0.05, 0) is 49.8 Å². The summed E-state index contributed by atoms with van der Waals surface area (Å²) < 4.78 is 5.61. The smallest absolute Gasteiger partial charge is 0.119 e. The van der Waals surface area contributed by atoms with E-state index in [9.17, 15) is 0 Å². The highest BCUT2D eigenvalue weighted by Crippen LogP contribution is 2.31. The Hall–Kier alpha value is -1.39. The second-order valence-corrected chi connectivity index (χ2v) is 6.64. The number of hydrogen-bond donors (Lipinski definition) is 1. The fraction of sp³-hybridized carbons (Fsp3) is 0.471. The maximum Gasteiger partial charge on any atom is 0.119 e. The van der Waals surface area contributed by atoms with Crippen LogP contribution in [-0.4, -0.2) is 11.6 Å². The minimum absolute atomic E-state index is 0.124. The summed E-state index contributed by atoms with van der Waals surface area (Å²) in [6.07, 6.45) is 5.85. The molecule has 0 spiro atoms. The molecule has 0 aliphatic heterocycles. The lowest BCUT2D eigenvalue weighted by molar-refractivity contribution is 0.317. The summed E-state index contributed by atoms with van der Waals surface area (Å²) in [6, 6.07) is 7.98. The predicted octanol–water partition coefficient (Wildman–Crippen LogP) is 3.86. The van der Waals surface area contributed by atoms with Crippen LogP contribution in [0.3, 0.4) is 0 Å². The van der Waals surface area contributed by atoms with Gasteiger partial charge in [0.1, 0.15) is 10.8 Å². The maximum atomic E-state index is 6.39. The summed E-state index contributed by atoms with van der Waals surface area (Å²) in [5.74, 6) is 0.909. The SMILES string of the molecule is CCCOc1ccc(C(N)c2nc3c(s2)CCCC3)cc1. The summed E-state index contributed by atoms with van der Waals surface area (Å²) >= 11 is 1.79. The highest BCUT2D eigenvalue weighted by Gasteiger charge is 2.19. The van der Waals surface area contributed by atoms with E-state index in [4.69, 9.17) is 15.5 Å². The molecule has 2 aromatic rings. The molecule has 0 radical (unpaired) electrons. The van der Waals surface area contributed by atoms with E-state index >= 15 is 0 Å². The van der Waals surface area contributed by atoms with Gasteiger partial charge in [0.15, 0.2) is 0 Å². The van der Waals surface area contributed by atoms with Crippen LogP contribution in [0.5, 0.6) is 5.75 Å². The standard InChI is InChI=1S/C17H22N2OS/c1-2-11-20-13-9-7-12(8-10-13)16(18)17-19-14-5-3-4-6-15(14)21-17/h7-10,16H,2-6,11,18H2,1H3. The number of aromatic nitrogens is 1. The number of nitrogens with zero attached hydrogens (tertiary/aromatic N) is 1. The summed E-state index contributed by atoms with van der Waals surface area (Å²) in [7, 11) is 0. The highest BCUT2D eigenvalue weighted by molar-refractivity contribution is 7.11. The molecule has 112 valence electrons. The molecule has 0 bridgehead atoms. The fourth-order valence-corrected chi connectivity index (χ4v) is 3.82. The number of ether oxygens (including phenoxy) is 1. The predicted molar refractivity (Wildman–Crippen MR) is 87.0 cm³/mol. The third kappa shape index (κ3) is 3.27. The van der Waals surface area contributed by atoms with Crippen molar-refractivity contribution in [2.75, 3.05) is 6.61 Å². The summed E-state index contributed by atoms with van der Waals surface area (Å²) in [5.41, 5.74) is 8.76. The van der Waals surface area contributed by atoms with Crippen molar-refractivity contribution in [3.05, 3.63) is 45.4 Å². The molecule has 0 saturated heterocycles. The Morgan fingerprint density at radius 3 is 2.71 bits per heavy atom. The number of fused-ring (bicyclic) bond motifs is 1. The number of benzene rings is 1. The summed E-state index contributed by atoms with van der Waals surface area (Å²) in [5, 5.41) is 1.05. The van der Waals surface area contributed by atoms with E-state index < -0.39 is 0 Å². The van der Waals surface area contributed by atoms with Crippen molar-refractivity contribution in [3.63, 3.8) is 0 Å². The van der Waals surface area contributed by atoms with Crippen LogP contribution in [0.2, 0.25) is 0 Å². The Kier molecular flexibility index (Phi) is 4.56. The molecule has 1 heterocycles. The van der Waals surface area contributed by atoms with Gasteiger partial charge in [0.05, 0.1) is 18.3 Å². The van der Waals surface area contributed by atoms with Crippen LogP contribution in [0.15, 0.2) is 24.3 Å². The van der Waals surface area contributed by atoms with Gasteiger partial charge >= 0.3 is 0 Å². The summed E-state index contributed by atoms with van der Waals surface area (Å²) in [6.45, 7) is 2.86. The van der Waals surface area contributed by atoms with E-state index in [-0.39, 0.29) is 6.04 Å². The molecular formula is C17H22N2OS. The maximum absolute atomic E-state index is 6.39. The van der Waals surface area contributed by atoms with Gasteiger partial charge in [-0.3, -0.25) is 0 Å². The second-order valence-electron chi connectivity index (χ2n) is 5.52. The van der Waals surface area contributed by atoms with E-state index in [1.807, 2.05) is 12.1 Å². The average molecular weight is 302 g/mol. The normalized spacial score (nSPS) is 15.5. The van der Waals surface area contributed by atoms with Gasteiger partial charge in [0, 0.05) is 4.88 Å². The molecule has 3 rings (SSSR count). The molecule has 4 heteroatoms. The highest BCUT2D eigenvalue weighted by atomic mass is 32.1. The van der Waals surface area contributed by atoms with Crippen molar-refractivity contribution >= 4 is 11.3 Å². The Morgan fingerprint density at radius 2 is 2.00 bits per heavy atom. The van der Waals surface area contributed by atoms with Gasteiger partial charge in [0.2, 0.25) is 0 Å². The zero-order valence-corrected chi connectivity index (χ0v) is 13.3. The first-order valence-electron chi connectivity index (χ1n) is 7.74. The van der Waals surface area contributed by atoms with Crippen molar-refractivity contribution in [2.45, 2.75) is 45.1 Å². The van der Waals surface area contributed by atoms with Crippen molar-refractivity contribution in [1.29, 1.82) is 0 Å². The Bertz CT molecular complexity index is 568. The first-order chi connectivity index (χ1) is 10.3. The molecule has 1 aromatic heterocycles. The van der Waals surface area contributed by atoms with Gasteiger partial charge in [-0.1, -0.05) is 19.1 Å².